The zero-order valence-electron chi connectivity index (χ0n) is 16.0. The molecule has 0 aromatic carbocycles. The molecule has 2 heterocycles. The number of aromatic nitrogens is 2. The lowest BCUT2D eigenvalue weighted by Gasteiger charge is -2.35. The van der Waals surface area contributed by atoms with Gasteiger partial charge >= 0.3 is 0 Å². The van der Waals surface area contributed by atoms with Gasteiger partial charge in [-0.25, -0.2) is 18.4 Å². The lowest BCUT2D eigenvalue weighted by molar-refractivity contribution is 0.0725. The van der Waals surface area contributed by atoms with Crippen molar-refractivity contribution in [3.63, 3.8) is 0 Å². The van der Waals surface area contributed by atoms with Crippen molar-refractivity contribution in [2.45, 2.75) is 44.8 Å². The molecule has 10 heteroatoms. The fourth-order valence-electron chi connectivity index (χ4n) is 3.52. The number of fused-ring (bicyclic) bond motifs is 1. The topological polar surface area (TPSA) is 118 Å². The van der Waals surface area contributed by atoms with E-state index in [1.54, 1.807) is 18.5 Å². The normalized spacial score (nSPS) is 21.4. The maximum absolute atomic E-state index is 11.4. The molecule has 0 N–H and O–H groups in total. The minimum atomic E-state index is -2.99. The second-order valence-electron chi connectivity index (χ2n) is 7.52. The number of rotatable bonds is 7. The van der Waals surface area contributed by atoms with Crippen LogP contribution < -0.4 is 4.74 Å². The van der Waals surface area contributed by atoms with E-state index in [-0.39, 0.29) is 17.8 Å². The van der Waals surface area contributed by atoms with Gasteiger partial charge < -0.3 is 4.74 Å². The molecular weight excluding hydrogens is 402 g/mol. The minimum Gasteiger partial charge on any atom is -0.474 e. The van der Waals surface area contributed by atoms with E-state index in [1.807, 2.05) is 13.8 Å². The molecule has 0 radical (unpaired) electrons. The fourth-order valence-corrected chi connectivity index (χ4v) is 4.80. The van der Waals surface area contributed by atoms with E-state index in [0.717, 1.165) is 10.9 Å². The van der Waals surface area contributed by atoms with E-state index in [1.165, 1.54) is 6.26 Å². The van der Waals surface area contributed by atoms with Crippen molar-refractivity contribution in [3.05, 3.63) is 39.6 Å². The van der Waals surface area contributed by atoms with Crippen molar-refractivity contribution >= 4 is 32.2 Å². The minimum absolute atomic E-state index is 0.0846. The standard InChI is InChI=1S/C18H22ClN5O3S/c1-4-18(2,23-24-20)15-9-22-17(14-8-21-16(19)7-13(14)15)27-12-5-11(6-12)10-28(3,25)26/h7-9,11-12H,4-6,10H2,1-3H3/t11-,12-,18-/m1/s1. The Hall–Kier alpha value is -2.09. The third kappa shape index (κ3) is 4.32. The van der Waals surface area contributed by atoms with Crippen molar-refractivity contribution < 1.29 is 13.2 Å². The number of nitrogens with zero attached hydrogens (tertiary/aromatic N) is 5. The van der Waals surface area contributed by atoms with Crippen LogP contribution in [0.15, 0.2) is 23.6 Å². The molecule has 0 bridgehead atoms. The molecule has 1 aliphatic carbocycles. The predicted octanol–water partition coefficient (Wildman–Crippen LogP) is 4.42. The van der Waals surface area contributed by atoms with Crippen LogP contribution in [0.4, 0.5) is 0 Å². The van der Waals surface area contributed by atoms with Gasteiger partial charge in [-0.3, -0.25) is 0 Å². The van der Waals surface area contributed by atoms with Gasteiger partial charge in [0, 0.05) is 23.6 Å². The maximum atomic E-state index is 11.4. The summed E-state index contributed by atoms with van der Waals surface area (Å²) in [6, 6.07) is 1.72. The molecule has 3 rings (SSSR count). The van der Waals surface area contributed by atoms with Gasteiger partial charge in [0.15, 0.2) is 0 Å². The summed E-state index contributed by atoms with van der Waals surface area (Å²) in [5.74, 6) is 0.717. The monoisotopic (exact) mass is 423 g/mol. The average molecular weight is 424 g/mol. The molecule has 2 aromatic heterocycles. The van der Waals surface area contributed by atoms with Crippen molar-refractivity contribution in [1.82, 2.24) is 9.97 Å². The number of ether oxygens (including phenoxy) is 1. The van der Waals surface area contributed by atoms with Gasteiger partial charge in [-0.1, -0.05) is 23.6 Å². The lowest BCUT2D eigenvalue weighted by atomic mass is 9.84. The first kappa shape index (κ1) is 20.6. The van der Waals surface area contributed by atoms with E-state index in [2.05, 4.69) is 20.0 Å². The highest BCUT2D eigenvalue weighted by molar-refractivity contribution is 7.90. The second-order valence-corrected chi connectivity index (χ2v) is 10.1. The van der Waals surface area contributed by atoms with Gasteiger partial charge in [-0.05, 0) is 54.7 Å². The van der Waals surface area contributed by atoms with Gasteiger partial charge in [0.05, 0.1) is 16.7 Å². The summed E-state index contributed by atoms with van der Waals surface area (Å²) in [6.07, 6.45) is 6.34. The molecule has 1 atom stereocenters. The van der Waals surface area contributed by atoms with Gasteiger partial charge in [0.2, 0.25) is 5.88 Å². The SMILES string of the molecule is CC[C@@](C)(N=[N+]=[N-])c1cnc(O[C@H]2C[C@H](CS(C)(=O)=O)C2)c2cnc(Cl)cc12. The molecule has 150 valence electrons. The third-order valence-corrected chi connectivity index (χ3v) is 6.53. The third-order valence-electron chi connectivity index (χ3n) is 5.25. The van der Waals surface area contributed by atoms with Crippen LogP contribution in [0.2, 0.25) is 5.15 Å². The largest absolute Gasteiger partial charge is 0.474 e. The zero-order chi connectivity index (χ0) is 20.5. The number of pyridine rings is 2. The quantitative estimate of drug-likeness (QED) is 0.282. The highest BCUT2D eigenvalue weighted by Gasteiger charge is 2.34. The lowest BCUT2D eigenvalue weighted by Crippen LogP contribution is -2.37. The highest BCUT2D eigenvalue weighted by Crippen LogP contribution is 2.39. The molecule has 0 saturated heterocycles. The van der Waals surface area contributed by atoms with E-state index < -0.39 is 15.4 Å². The highest BCUT2D eigenvalue weighted by atomic mass is 35.5. The number of hydrogen-bond donors (Lipinski definition) is 0. The van der Waals surface area contributed by atoms with Crippen molar-refractivity contribution in [1.29, 1.82) is 0 Å². The summed E-state index contributed by atoms with van der Waals surface area (Å²) >= 11 is 6.11. The number of sulfone groups is 1. The van der Waals surface area contributed by atoms with Crippen LogP contribution in [0.1, 0.15) is 38.7 Å². The Morgan fingerprint density at radius 1 is 1.36 bits per heavy atom. The Morgan fingerprint density at radius 3 is 2.68 bits per heavy atom. The van der Waals surface area contributed by atoms with Crippen LogP contribution in [0.25, 0.3) is 21.2 Å². The number of halogens is 1. The van der Waals surface area contributed by atoms with Crippen LogP contribution >= 0.6 is 11.6 Å². The van der Waals surface area contributed by atoms with Gasteiger partial charge in [-0.2, -0.15) is 0 Å². The van der Waals surface area contributed by atoms with Crippen molar-refractivity contribution in [3.8, 4) is 5.88 Å². The fraction of sp³-hybridized carbons (Fsp3) is 0.556. The van der Waals surface area contributed by atoms with E-state index >= 15 is 0 Å². The first-order valence-corrected chi connectivity index (χ1v) is 11.4. The first-order chi connectivity index (χ1) is 13.1. The van der Waals surface area contributed by atoms with E-state index in [9.17, 15) is 8.42 Å². The van der Waals surface area contributed by atoms with Crippen LogP contribution in [0, 0.1) is 5.92 Å². The summed E-state index contributed by atoms with van der Waals surface area (Å²) in [5, 5.41) is 5.74. The van der Waals surface area contributed by atoms with Crippen LogP contribution in [0.3, 0.4) is 0 Å². The average Bonchev–Trinajstić information content (AvgIpc) is 2.58. The molecule has 2 aromatic rings. The molecule has 0 amide bonds. The molecule has 1 saturated carbocycles. The van der Waals surface area contributed by atoms with Crippen LogP contribution in [-0.2, 0) is 15.4 Å². The van der Waals surface area contributed by atoms with Gasteiger partial charge in [0.25, 0.3) is 0 Å². The summed E-state index contributed by atoms with van der Waals surface area (Å²) < 4.78 is 28.8. The molecule has 1 fully saturated rings. The van der Waals surface area contributed by atoms with Crippen LogP contribution in [-0.4, -0.2) is 36.5 Å². The molecule has 0 spiro atoms. The van der Waals surface area contributed by atoms with Gasteiger partial charge in [-0.15, -0.1) is 0 Å². The predicted molar refractivity (Wildman–Crippen MR) is 108 cm³/mol. The van der Waals surface area contributed by atoms with Crippen molar-refractivity contribution in [2.24, 2.45) is 11.0 Å². The van der Waals surface area contributed by atoms with Gasteiger partial charge in [0.1, 0.15) is 21.1 Å². The maximum Gasteiger partial charge on any atom is 0.223 e. The molecule has 8 nitrogen and oxygen atoms in total. The number of hydrogen-bond acceptors (Lipinski definition) is 6. The molecule has 1 aliphatic rings. The molecule has 0 aliphatic heterocycles. The Labute approximate surface area is 168 Å². The Balaban J connectivity index is 1.92. The molecule has 28 heavy (non-hydrogen) atoms. The van der Waals surface area contributed by atoms with Crippen molar-refractivity contribution in [2.75, 3.05) is 12.0 Å². The Bertz CT molecular complexity index is 1050. The van der Waals surface area contributed by atoms with E-state index in [0.29, 0.717) is 35.7 Å². The van der Waals surface area contributed by atoms with Crippen LogP contribution in [0.5, 0.6) is 5.88 Å². The smallest absolute Gasteiger partial charge is 0.223 e. The Morgan fingerprint density at radius 2 is 2.07 bits per heavy atom. The summed E-state index contributed by atoms with van der Waals surface area (Å²) in [5.41, 5.74) is 8.95. The zero-order valence-corrected chi connectivity index (χ0v) is 17.5. The summed E-state index contributed by atoms with van der Waals surface area (Å²) in [7, 11) is -2.99. The summed E-state index contributed by atoms with van der Waals surface area (Å²) in [4.78, 5) is 11.6. The molecule has 0 unspecified atom stereocenters. The van der Waals surface area contributed by atoms with E-state index in [4.69, 9.17) is 21.9 Å². The first-order valence-electron chi connectivity index (χ1n) is 9.00. The molecular formula is C18H22ClN5O3S. The second kappa shape index (κ2) is 7.73. The Kier molecular flexibility index (Phi) is 5.70. The number of azide groups is 1. The summed E-state index contributed by atoms with van der Waals surface area (Å²) in [6.45, 7) is 3.78.